The molecular weight excluding hydrogens is 362 g/mol. The Morgan fingerprint density at radius 3 is 2.48 bits per heavy atom. The molecule has 1 saturated carbocycles. The standard InChI is InChI=1S/C20H27N3O3S/c24-18(13-27-14-19(25)22-11-15-4-3-5-15)21-8-9-23-12-17-7-2-1-6-16(17)10-20(23)26/h1-2,6-7,15H,3-5,8-14H2,(H,21,24)(H,22,25). The zero-order valence-corrected chi connectivity index (χ0v) is 16.4. The van der Waals surface area contributed by atoms with Crippen LogP contribution in [0, 0.1) is 5.92 Å². The molecule has 0 aromatic heterocycles. The van der Waals surface area contributed by atoms with E-state index >= 15 is 0 Å². The molecule has 1 aliphatic heterocycles. The number of hydrogen-bond acceptors (Lipinski definition) is 4. The lowest BCUT2D eigenvalue weighted by Crippen LogP contribution is -2.41. The van der Waals surface area contributed by atoms with E-state index in [1.807, 2.05) is 24.3 Å². The number of nitrogens with one attached hydrogen (secondary N) is 2. The summed E-state index contributed by atoms with van der Waals surface area (Å²) in [6.45, 7) is 2.30. The molecule has 0 bridgehead atoms. The first-order valence-corrected chi connectivity index (χ1v) is 10.7. The summed E-state index contributed by atoms with van der Waals surface area (Å²) in [6.07, 6.45) is 4.11. The number of nitrogens with zero attached hydrogens (tertiary/aromatic N) is 1. The Morgan fingerprint density at radius 1 is 1.07 bits per heavy atom. The van der Waals surface area contributed by atoms with Gasteiger partial charge in [-0.15, -0.1) is 11.8 Å². The van der Waals surface area contributed by atoms with E-state index in [2.05, 4.69) is 10.6 Å². The minimum Gasteiger partial charge on any atom is -0.355 e. The van der Waals surface area contributed by atoms with Crippen LogP contribution >= 0.6 is 11.8 Å². The van der Waals surface area contributed by atoms with Gasteiger partial charge in [-0.1, -0.05) is 30.7 Å². The molecule has 27 heavy (non-hydrogen) atoms. The lowest BCUT2D eigenvalue weighted by atomic mass is 9.85. The molecular formula is C20H27N3O3S. The van der Waals surface area contributed by atoms with E-state index in [9.17, 15) is 14.4 Å². The number of fused-ring (bicyclic) bond motifs is 1. The van der Waals surface area contributed by atoms with Crippen molar-refractivity contribution in [1.29, 1.82) is 0 Å². The lowest BCUT2D eigenvalue weighted by Gasteiger charge is -2.28. The van der Waals surface area contributed by atoms with E-state index in [0.29, 0.717) is 37.7 Å². The van der Waals surface area contributed by atoms with E-state index < -0.39 is 0 Å². The first-order valence-electron chi connectivity index (χ1n) is 9.57. The molecule has 7 heteroatoms. The molecule has 0 atom stereocenters. The van der Waals surface area contributed by atoms with Crippen LogP contribution in [0.1, 0.15) is 30.4 Å². The summed E-state index contributed by atoms with van der Waals surface area (Å²) in [7, 11) is 0. The summed E-state index contributed by atoms with van der Waals surface area (Å²) >= 11 is 1.32. The molecule has 1 aromatic carbocycles. The van der Waals surface area contributed by atoms with Crippen LogP contribution in [0.25, 0.3) is 0 Å². The third-order valence-electron chi connectivity index (χ3n) is 5.16. The molecule has 2 N–H and O–H groups in total. The van der Waals surface area contributed by atoms with Gasteiger partial charge in [0.05, 0.1) is 17.9 Å². The monoisotopic (exact) mass is 389 g/mol. The van der Waals surface area contributed by atoms with Crippen molar-refractivity contribution in [2.24, 2.45) is 5.92 Å². The number of benzene rings is 1. The van der Waals surface area contributed by atoms with Crippen molar-refractivity contribution >= 4 is 29.5 Å². The van der Waals surface area contributed by atoms with Crippen molar-refractivity contribution in [2.45, 2.75) is 32.2 Å². The first-order chi connectivity index (χ1) is 13.1. The number of thioether (sulfide) groups is 1. The van der Waals surface area contributed by atoms with Crippen molar-refractivity contribution in [3.8, 4) is 0 Å². The smallest absolute Gasteiger partial charge is 0.230 e. The van der Waals surface area contributed by atoms with Gasteiger partial charge >= 0.3 is 0 Å². The molecule has 1 fully saturated rings. The fraction of sp³-hybridized carbons (Fsp3) is 0.550. The maximum absolute atomic E-state index is 12.2. The second-order valence-corrected chi connectivity index (χ2v) is 8.19. The predicted molar refractivity (Wildman–Crippen MR) is 106 cm³/mol. The Morgan fingerprint density at radius 2 is 1.78 bits per heavy atom. The van der Waals surface area contributed by atoms with E-state index in [1.54, 1.807) is 4.90 Å². The zero-order chi connectivity index (χ0) is 19.1. The Hall–Kier alpha value is -2.02. The highest BCUT2D eigenvalue weighted by Crippen LogP contribution is 2.25. The molecule has 3 amide bonds. The quantitative estimate of drug-likeness (QED) is 0.668. The van der Waals surface area contributed by atoms with Crippen LogP contribution in [0.5, 0.6) is 0 Å². The second-order valence-electron chi connectivity index (χ2n) is 7.20. The number of rotatable bonds is 9. The summed E-state index contributed by atoms with van der Waals surface area (Å²) in [5.74, 6) is 1.20. The van der Waals surface area contributed by atoms with Gasteiger partial charge in [0, 0.05) is 26.2 Å². The van der Waals surface area contributed by atoms with Gasteiger partial charge in [0.15, 0.2) is 0 Å². The lowest BCUT2D eigenvalue weighted by molar-refractivity contribution is -0.132. The number of amides is 3. The highest BCUT2D eigenvalue weighted by molar-refractivity contribution is 8.00. The van der Waals surface area contributed by atoms with E-state index in [1.165, 1.54) is 36.6 Å². The van der Waals surface area contributed by atoms with E-state index in [-0.39, 0.29) is 23.5 Å². The fourth-order valence-electron chi connectivity index (χ4n) is 3.28. The fourth-order valence-corrected chi connectivity index (χ4v) is 3.96. The molecule has 0 radical (unpaired) electrons. The largest absolute Gasteiger partial charge is 0.355 e. The van der Waals surface area contributed by atoms with Crippen molar-refractivity contribution in [3.05, 3.63) is 35.4 Å². The Labute approximate surface area is 164 Å². The number of carbonyl (C=O) groups excluding carboxylic acids is 3. The van der Waals surface area contributed by atoms with Gasteiger partial charge in [-0.25, -0.2) is 0 Å². The van der Waals surface area contributed by atoms with Crippen LogP contribution in [0.3, 0.4) is 0 Å². The van der Waals surface area contributed by atoms with Crippen molar-refractivity contribution in [3.63, 3.8) is 0 Å². The summed E-state index contributed by atoms with van der Waals surface area (Å²) in [4.78, 5) is 37.6. The summed E-state index contributed by atoms with van der Waals surface area (Å²) in [5, 5.41) is 5.75. The SMILES string of the molecule is O=C(CSCC(=O)NCC1CCC1)NCCN1Cc2ccccc2CC1=O. The highest BCUT2D eigenvalue weighted by Gasteiger charge is 2.22. The molecule has 6 nitrogen and oxygen atoms in total. The van der Waals surface area contributed by atoms with Gasteiger partial charge in [-0.3, -0.25) is 14.4 Å². The predicted octanol–water partition coefficient (Wildman–Crippen LogP) is 1.34. The van der Waals surface area contributed by atoms with Gasteiger partial charge in [0.1, 0.15) is 0 Å². The van der Waals surface area contributed by atoms with Crippen LogP contribution in [0.4, 0.5) is 0 Å². The van der Waals surface area contributed by atoms with Crippen molar-refractivity contribution in [2.75, 3.05) is 31.1 Å². The van der Waals surface area contributed by atoms with Crippen LogP contribution < -0.4 is 10.6 Å². The first kappa shape index (κ1) is 19.7. The summed E-state index contributed by atoms with van der Waals surface area (Å²) in [6, 6.07) is 7.97. The second kappa shape index (κ2) is 9.78. The molecule has 0 unspecified atom stereocenters. The Bertz CT molecular complexity index is 691. The molecule has 1 aromatic rings. The maximum Gasteiger partial charge on any atom is 0.230 e. The van der Waals surface area contributed by atoms with Gasteiger partial charge in [0.25, 0.3) is 0 Å². The Kier molecular flexibility index (Phi) is 7.15. The van der Waals surface area contributed by atoms with E-state index in [0.717, 1.165) is 12.1 Å². The number of carbonyl (C=O) groups is 3. The minimum atomic E-state index is -0.100. The highest BCUT2D eigenvalue weighted by atomic mass is 32.2. The van der Waals surface area contributed by atoms with Crippen LogP contribution in [0.15, 0.2) is 24.3 Å². The normalized spacial score (nSPS) is 16.4. The third-order valence-corrected chi connectivity index (χ3v) is 6.09. The van der Waals surface area contributed by atoms with E-state index in [4.69, 9.17) is 0 Å². The molecule has 146 valence electrons. The molecule has 1 heterocycles. The minimum absolute atomic E-state index is 0.00252. The van der Waals surface area contributed by atoms with Gasteiger partial charge in [0.2, 0.25) is 17.7 Å². The van der Waals surface area contributed by atoms with Crippen molar-refractivity contribution in [1.82, 2.24) is 15.5 Å². The van der Waals surface area contributed by atoms with Gasteiger partial charge in [-0.2, -0.15) is 0 Å². The molecule has 0 spiro atoms. The zero-order valence-electron chi connectivity index (χ0n) is 15.5. The van der Waals surface area contributed by atoms with Crippen molar-refractivity contribution < 1.29 is 14.4 Å². The van der Waals surface area contributed by atoms with Crippen LogP contribution in [0.2, 0.25) is 0 Å². The average molecular weight is 390 g/mol. The maximum atomic E-state index is 12.2. The van der Waals surface area contributed by atoms with Gasteiger partial charge in [-0.05, 0) is 29.9 Å². The third kappa shape index (κ3) is 5.99. The summed E-state index contributed by atoms with van der Waals surface area (Å²) < 4.78 is 0. The topological polar surface area (TPSA) is 78.5 Å². The van der Waals surface area contributed by atoms with Crippen LogP contribution in [-0.2, 0) is 27.3 Å². The van der Waals surface area contributed by atoms with Gasteiger partial charge < -0.3 is 15.5 Å². The molecule has 1 aliphatic carbocycles. The van der Waals surface area contributed by atoms with Crippen LogP contribution in [-0.4, -0.2) is 53.8 Å². The summed E-state index contributed by atoms with van der Waals surface area (Å²) in [5.41, 5.74) is 2.27. The average Bonchev–Trinajstić information content (AvgIpc) is 2.61. The Balaban J connectivity index is 1.27. The molecule has 0 saturated heterocycles. The molecule has 3 rings (SSSR count). The number of hydrogen-bond donors (Lipinski definition) is 2. The molecule has 2 aliphatic rings.